The van der Waals surface area contributed by atoms with Crippen molar-refractivity contribution in [2.24, 2.45) is 22.2 Å². The van der Waals surface area contributed by atoms with E-state index in [1.54, 1.807) is 58.0 Å². The molecule has 1 aromatic rings. The van der Waals surface area contributed by atoms with Crippen molar-refractivity contribution in [3.63, 3.8) is 0 Å². The van der Waals surface area contributed by atoms with Crippen LogP contribution in [0.25, 0.3) is 0 Å². The van der Waals surface area contributed by atoms with Gasteiger partial charge < -0.3 is 34.6 Å². The summed E-state index contributed by atoms with van der Waals surface area (Å²) in [6, 6.07) is 8.42. The first kappa shape index (κ1) is 28.2. The molecule has 0 radical (unpaired) electrons. The molecular formula is C30H40O9. The second-order valence-electron chi connectivity index (χ2n) is 12.9. The van der Waals surface area contributed by atoms with Gasteiger partial charge in [0, 0.05) is 41.9 Å². The molecule has 0 aromatic heterocycles. The summed E-state index contributed by atoms with van der Waals surface area (Å²) in [5.41, 5.74) is -4.08. The Morgan fingerprint density at radius 3 is 2.23 bits per heavy atom. The number of aliphatic hydroxyl groups is 4. The van der Waals surface area contributed by atoms with Crippen LogP contribution in [0, 0.1) is 22.2 Å². The summed E-state index contributed by atoms with van der Waals surface area (Å²) in [6.07, 6.45) is -6.60. The first-order chi connectivity index (χ1) is 18.1. The predicted molar refractivity (Wildman–Crippen MR) is 139 cm³/mol. The van der Waals surface area contributed by atoms with Crippen molar-refractivity contribution >= 4 is 11.9 Å². The molecule has 39 heavy (non-hydrogen) atoms. The molecule has 5 rings (SSSR count). The quantitative estimate of drug-likeness (QED) is 0.332. The normalized spacial score (nSPS) is 44.6. The van der Waals surface area contributed by atoms with Crippen molar-refractivity contribution in [1.29, 1.82) is 0 Å². The molecule has 0 amide bonds. The summed E-state index contributed by atoms with van der Waals surface area (Å²) in [7, 11) is 0. The Bertz CT molecular complexity index is 1190. The zero-order chi connectivity index (χ0) is 28.7. The Morgan fingerprint density at radius 1 is 1.03 bits per heavy atom. The molecule has 214 valence electrons. The van der Waals surface area contributed by atoms with Gasteiger partial charge in [-0.15, -0.1) is 0 Å². The third kappa shape index (κ3) is 3.77. The van der Waals surface area contributed by atoms with Crippen LogP contribution in [0.3, 0.4) is 0 Å². The number of hydrogen-bond acceptors (Lipinski definition) is 9. The fourth-order valence-corrected chi connectivity index (χ4v) is 8.16. The van der Waals surface area contributed by atoms with E-state index in [0.717, 1.165) is 0 Å². The van der Waals surface area contributed by atoms with Crippen molar-refractivity contribution in [2.45, 2.75) is 96.6 Å². The van der Waals surface area contributed by atoms with Crippen LogP contribution in [0.15, 0.2) is 41.5 Å². The van der Waals surface area contributed by atoms with Gasteiger partial charge in [-0.25, -0.2) is 4.79 Å². The topological polar surface area (TPSA) is 143 Å². The highest BCUT2D eigenvalue weighted by Gasteiger charge is 2.75. The van der Waals surface area contributed by atoms with E-state index in [2.05, 4.69) is 0 Å². The maximum Gasteiger partial charge on any atom is 0.338 e. The largest absolute Gasteiger partial charge is 0.455 e. The second kappa shape index (κ2) is 9.11. The molecule has 1 saturated heterocycles. The number of aliphatic hydroxyl groups excluding tert-OH is 3. The van der Waals surface area contributed by atoms with Gasteiger partial charge in [-0.3, -0.25) is 4.79 Å². The van der Waals surface area contributed by atoms with Gasteiger partial charge >= 0.3 is 11.9 Å². The number of fused-ring (bicyclic) bond motifs is 5. The molecule has 2 saturated carbocycles. The molecule has 3 fully saturated rings. The molecule has 0 spiro atoms. The first-order valence-corrected chi connectivity index (χ1v) is 13.6. The average molecular weight is 545 g/mol. The molecule has 9 nitrogen and oxygen atoms in total. The van der Waals surface area contributed by atoms with Crippen LogP contribution in [0.4, 0.5) is 0 Å². The van der Waals surface area contributed by atoms with Gasteiger partial charge in [0.25, 0.3) is 0 Å². The number of ether oxygens (including phenoxy) is 3. The molecule has 1 aliphatic heterocycles. The molecule has 3 aliphatic carbocycles. The highest BCUT2D eigenvalue weighted by atomic mass is 16.6. The average Bonchev–Trinajstić information content (AvgIpc) is 2.87. The Kier molecular flexibility index (Phi) is 6.59. The van der Waals surface area contributed by atoms with Crippen LogP contribution in [-0.4, -0.2) is 81.2 Å². The standard InChI is InChI=1S/C30H40O9/c1-15-18(32)13-30(36)25(39-26(35)17-10-8-7-9-11-17)23-28(5)14-37-20(28)12-19(33)29(23,6)24(34)22(38-16(2)31)21(15)27(30,3)4/h7-11,18-20,22-25,32-34,36H,12-14H2,1-6H3/t18-,19-,20+,22+,23+,24-,25-,28+,29+,30+/m0/s1. The Labute approximate surface area is 228 Å². The highest BCUT2D eigenvalue weighted by Crippen LogP contribution is 2.66. The molecule has 0 unspecified atom stereocenters. The van der Waals surface area contributed by atoms with Crippen LogP contribution in [0.5, 0.6) is 0 Å². The van der Waals surface area contributed by atoms with Gasteiger partial charge in [-0.05, 0) is 30.2 Å². The van der Waals surface area contributed by atoms with Gasteiger partial charge in [0.1, 0.15) is 17.8 Å². The lowest BCUT2D eigenvalue weighted by Crippen LogP contribution is -2.78. The van der Waals surface area contributed by atoms with Gasteiger partial charge in [0.15, 0.2) is 6.10 Å². The molecular weight excluding hydrogens is 504 g/mol. The highest BCUT2D eigenvalue weighted by molar-refractivity contribution is 5.89. The number of rotatable bonds is 3. The molecule has 10 atom stereocenters. The number of hydrogen-bond donors (Lipinski definition) is 4. The SMILES string of the molecule is CC(=O)O[C@@H]1C2=C(C)[C@@H](O)C[C@@](O)([C@@H](OC(=O)c3ccccc3)[C@@H]3[C@]4(C)CO[C@@H]4C[C@H](O)[C@@]3(C)[C@H]1O)C2(C)C. The van der Waals surface area contributed by atoms with Gasteiger partial charge in [-0.1, -0.05) is 45.9 Å². The zero-order valence-corrected chi connectivity index (χ0v) is 23.4. The lowest BCUT2D eigenvalue weighted by molar-refractivity contribution is -0.338. The van der Waals surface area contributed by atoms with Crippen LogP contribution >= 0.6 is 0 Å². The molecule has 1 heterocycles. The smallest absolute Gasteiger partial charge is 0.338 e. The molecule has 4 N–H and O–H groups in total. The van der Waals surface area contributed by atoms with Crippen molar-refractivity contribution in [3.05, 3.63) is 47.0 Å². The van der Waals surface area contributed by atoms with Gasteiger partial charge in [0.2, 0.25) is 0 Å². The van der Waals surface area contributed by atoms with Crippen molar-refractivity contribution in [1.82, 2.24) is 0 Å². The van der Waals surface area contributed by atoms with Crippen molar-refractivity contribution in [2.75, 3.05) is 6.61 Å². The van der Waals surface area contributed by atoms with E-state index >= 15 is 0 Å². The number of benzene rings is 1. The van der Waals surface area contributed by atoms with E-state index in [0.29, 0.717) is 11.1 Å². The first-order valence-electron chi connectivity index (χ1n) is 13.6. The van der Waals surface area contributed by atoms with E-state index in [9.17, 15) is 30.0 Å². The lowest BCUT2D eigenvalue weighted by Gasteiger charge is -2.69. The van der Waals surface area contributed by atoms with Gasteiger partial charge in [0.05, 0.1) is 30.5 Å². The van der Waals surface area contributed by atoms with Crippen molar-refractivity contribution in [3.8, 4) is 0 Å². The van der Waals surface area contributed by atoms with Crippen LogP contribution in [-0.2, 0) is 19.0 Å². The minimum absolute atomic E-state index is 0.158. The summed E-state index contributed by atoms with van der Waals surface area (Å²) in [5.74, 6) is -2.14. The molecule has 2 bridgehead atoms. The number of esters is 2. The van der Waals surface area contributed by atoms with Crippen molar-refractivity contribution < 1.29 is 44.2 Å². The van der Waals surface area contributed by atoms with E-state index in [1.807, 2.05) is 6.92 Å². The molecule has 9 heteroatoms. The summed E-state index contributed by atoms with van der Waals surface area (Å²) < 4.78 is 17.9. The van der Waals surface area contributed by atoms with Gasteiger partial charge in [-0.2, -0.15) is 0 Å². The van der Waals surface area contributed by atoms with E-state index < -0.39 is 76.3 Å². The lowest BCUT2D eigenvalue weighted by atomic mass is 9.42. The fraction of sp³-hybridized carbons (Fsp3) is 0.667. The minimum Gasteiger partial charge on any atom is -0.455 e. The Balaban J connectivity index is 1.79. The zero-order valence-electron chi connectivity index (χ0n) is 23.4. The van der Waals surface area contributed by atoms with E-state index in [4.69, 9.17) is 14.2 Å². The summed E-state index contributed by atoms with van der Waals surface area (Å²) in [5, 5.41) is 47.9. The summed E-state index contributed by atoms with van der Waals surface area (Å²) >= 11 is 0. The van der Waals surface area contributed by atoms with Crippen LogP contribution in [0.2, 0.25) is 0 Å². The molecule has 4 aliphatic rings. The third-order valence-electron chi connectivity index (χ3n) is 10.6. The van der Waals surface area contributed by atoms with Crippen LogP contribution < -0.4 is 0 Å². The maximum absolute atomic E-state index is 13.6. The predicted octanol–water partition coefficient (Wildman–Crippen LogP) is 2.15. The number of carbonyl (C=O) groups is 2. The Morgan fingerprint density at radius 2 is 1.67 bits per heavy atom. The summed E-state index contributed by atoms with van der Waals surface area (Å²) in [4.78, 5) is 26.0. The van der Waals surface area contributed by atoms with Crippen LogP contribution in [0.1, 0.15) is 64.7 Å². The summed E-state index contributed by atoms with van der Waals surface area (Å²) in [6.45, 7) is 10.3. The second-order valence-corrected chi connectivity index (χ2v) is 12.9. The monoisotopic (exact) mass is 544 g/mol. The minimum atomic E-state index is -1.86. The van der Waals surface area contributed by atoms with E-state index in [1.165, 1.54) is 6.92 Å². The fourth-order valence-electron chi connectivity index (χ4n) is 8.16. The molecule has 1 aromatic carbocycles. The maximum atomic E-state index is 13.6. The number of carbonyl (C=O) groups excluding carboxylic acids is 2. The Hall–Kier alpha value is -2.30. The van der Waals surface area contributed by atoms with E-state index in [-0.39, 0.29) is 25.0 Å². The third-order valence-corrected chi connectivity index (χ3v) is 10.6.